The van der Waals surface area contributed by atoms with Crippen LogP contribution in [0.3, 0.4) is 0 Å². The number of nitrogens with one attached hydrogen (secondary N) is 1. The molecule has 1 unspecified atom stereocenters. The van der Waals surface area contributed by atoms with E-state index in [-0.39, 0.29) is 0 Å². The Kier molecular flexibility index (Phi) is 4.63. The Morgan fingerprint density at radius 1 is 1.25 bits per heavy atom. The summed E-state index contributed by atoms with van der Waals surface area (Å²) in [6.45, 7) is 0. The number of methoxy groups -OCH3 is 1. The fraction of sp³-hybridized carbons (Fsp3) is 0.133. The highest BCUT2D eigenvalue weighted by Gasteiger charge is 2.19. The van der Waals surface area contributed by atoms with Gasteiger partial charge in [-0.1, -0.05) is 28.1 Å². The van der Waals surface area contributed by atoms with E-state index in [2.05, 4.69) is 21.2 Å². The van der Waals surface area contributed by atoms with Crippen LogP contribution in [0.4, 0.5) is 5.69 Å². The zero-order valence-corrected chi connectivity index (χ0v) is 12.4. The lowest BCUT2D eigenvalue weighted by Crippen LogP contribution is -2.20. The van der Waals surface area contributed by atoms with Gasteiger partial charge in [-0.05, 0) is 42.0 Å². The molecule has 0 aliphatic rings. The quantitative estimate of drug-likeness (QED) is 0.874. The molecule has 2 N–H and O–H groups in total. The van der Waals surface area contributed by atoms with Crippen LogP contribution in [0.2, 0.25) is 0 Å². The van der Waals surface area contributed by atoms with Crippen molar-refractivity contribution in [3.63, 3.8) is 0 Å². The fourth-order valence-corrected chi connectivity index (χ4v) is 2.24. The lowest BCUT2D eigenvalue weighted by atomic mass is 10.1. The molecule has 0 amide bonds. The maximum Gasteiger partial charge on any atom is 0.330 e. The lowest BCUT2D eigenvalue weighted by molar-refractivity contribution is -0.138. The van der Waals surface area contributed by atoms with Crippen molar-refractivity contribution >= 4 is 27.6 Å². The van der Waals surface area contributed by atoms with Gasteiger partial charge in [0.15, 0.2) is 6.04 Å². The number of hydrogen-bond donors (Lipinski definition) is 2. The molecule has 0 aliphatic carbocycles. The Morgan fingerprint density at radius 2 is 1.95 bits per heavy atom. The SMILES string of the molecule is COc1ccc(NC(C(=O)O)c2cccc(Br)c2)cc1. The van der Waals surface area contributed by atoms with Crippen molar-refractivity contribution in [2.45, 2.75) is 6.04 Å². The van der Waals surface area contributed by atoms with Crippen LogP contribution >= 0.6 is 15.9 Å². The summed E-state index contributed by atoms with van der Waals surface area (Å²) in [7, 11) is 1.59. The summed E-state index contributed by atoms with van der Waals surface area (Å²) in [5.74, 6) is -0.205. The molecular weight excluding hydrogens is 322 g/mol. The van der Waals surface area contributed by atoms with E-state index in [9.17, 15) is 9.90 Å². The van der Waals surface area contributed by atoms with E-state index in [1.165, 1.54) is 0 Å². The Hall–Kier alpha value is -2.01. The molecule has 0 bridgehead atoms. The van der Waals surface area contributed by atoms with Gasteiger partial charge in [0.1, 0.15) is 5.75 Å². The summed E-state index contributed by atoms with van der Waals surface area (Å²) in [5, 5.41) is 12.4. The highest BCUT2D eigenvalue weighted by atomic mass is 79.9. The van der Waals surface area contributed by atoms with Gasteiger partial charge in [-0.25, -0.2) is 4.79 Å². The summed E-state index contributed by atoms with van der Waals surface area (Å²) in [5.41, 5.74) is 1.40. The van der Waals surface area contributed by atoms with Crippen molar-refractivity contribution in [3.05, 3.63) is 58.6 Å². The van der Waals surface area contributed by atoms with E-state index < -0.39 is 12.0 Å². The molecule has 0 aromatic heterocycles. The standard InChI is InChI=1S/C15H14BrNO3/c1-20-13-7-5-12(6-8-13)17-14(15(18)19)10-3-2-4-11(16)9-10/h2-9,14,17H,1H3,(H,18,19). The van der Waals surface area contributed by atoms with E-state index in [1.807, 2.05) is 12.1 Å². The highest BCUT2D eigenvalue weighted by Crippen LogP contribution is 2.24. The first-order valence-electron chi connectivity index (χ1n) is 5.99. The third-order valence-corrected chi connectivity index (χ3v) is 3.32. The molecule has 2 aromatic rings. The third-order valence-electron chi connectivity index (χ3n) is 2.83. The Morgan fingerprint density at radius 3 is 2.50 bits per heavy atom. The Balaban J connectivity index is 2.23. The van der Waals surface area contributed by atoms with Gasteiger partial charge >= 0.3 is 5.97 Å². The predicted octanol–water partition coefficient (Wildman–Crippen LogP) is 3.70. The van der Waals surface area contributed by atoms with Gasteiger partial charge in [0.25, 0.3) is 0 Å². The van der Waals surface area contributed by atoms with Crippen LogP contribution < -0.4 is 10.1 Å². The first-order valence-corrected chi connectivity index (χ1v) is 6.78. The zero-order chi connectivity index (χ0) is 14.5. The second kappa shape index (κ2) is 6.43. The molecule has 2 aromatic carbocycles. The normalized spacial score (nSPS) is 11.7. The van der Waals surface area contributed by atoms with Crippen LogP contribution in [0, 0.1) is 0 Å². The fourth-order valence-electron chi connectivity index (χ4n) is 1.83. The monoisotopic (exact) mass is 335 g/mol. The molecule has 0 radical (unpaired) electrons. The van der Waals surface area contributed by atoms with E-state index in [1.54, 1.807) is 43.5 Å². The number of carbonyl (C=O) groups is 1. The van der Waals surface area contributed by atoms with Gasteiger partial charge in [-0.15, -0.1) is 0 Å². The molecule has 0 saturated heterocycles. The van der Waals surface area contributed by atoms with Crippen molar-refractivity contribution < 1.29 is 14.6 Å². The van der Waals surface area contributed by atoms with Gasteiger partial charge < -0.3 is 15.2 Å². The molecule has 0 spiro atoms. The minimum atomic E-state index is -0.932. The maximum atomic E-state index is 11.4. The number of anilines is 1. The van der Waals surface area contributed by atoms with Gasteiger partial charge in [-0.3, -0.25) is 0 Å². The zero-order valence-electron chi connectivity index (χ0n) is 10.8. The maximum absolute atomic E-state index is 11.4. The molecule has 2 rings (SSSR count). The first-order chi connectivity index (χ1) is 9.60. The molecule has 5 heteroatoms. The van der Waals surface area contributed by atoms with Crippen LogP contribution in [0.25, 0.3) is 0 Å². The molecule has 0 saturated carbocycles. The molecule has 1 atom stereocenters. The van der Waals surface area contributed by atoms with E-state index in [4.69, 9.17) is 4.74 Å². The largest absolute Gasteiger partial charge is 0.497 e. The minimum absolute atomic E-state index is 0.683. The van der Waals surface area contributed by atoms with Gasteiger partial charge in [0, 0.05) is 10.2 Å². The topological polar surface area (TPSA) is 58.6 Å². The third kappa shape index (κ3) is 3.51. The molecule has 104 valence electrons. The van der Waals surface area contributed by atoms with Crippen LogP contribution in [0.15, 0.2) is 53.0 Å². The van der Waals surface area contributed by atoms with Gasteiger partial charge in [-0.2, -0.15) is 0 Å². The van der Waals surface area contributed by atoms with Crippen LogP contribution in [-0.2, 0) is 4.79 Å². The number of ether oxygens (including phenoxy) is 1. The molecule has 0 aliphatic heterocycles. The number of aliphatic carboxylic acids is 1. The number of benzene rings is 2. The highest BCUT2D eigenvalue weighted by molar-refractivity contribution is 9.10. The van der Waals surface area contributed by atoms with Crippen molar-refractivity contribution in [1.82, 2.24) is 0 Å². The molecule has 0 fully saturated rings. The molecule has 20 heavy (non-hydrogen) atoms. The summed E-state index contributed by atoms with van der Waals surface area (Å²) in [6.07, 6.45) is 0. The number of rotatable bonds is 5. The van der Waals surface area contributed by atoms with Crippen LogP contribution in [0.1, 0.15) is 11.6 Å². The average Bonchev–Trinajstić information content (AvgIpc) is 2.45. The van der Waals surface area contributed by atoms with E-state index >= 15 is 0 Å². The summed E-state index contributed by atoms with van der Waals surface area (Å²) in [6, 6.07) is 13.6. The second-order valence-corrected chi connectivity index (χ2v) is 5.11. The second-order valence-electron chi connectivity index (χ2n) is 4.20. The molecular formula is C15H14BrNO3. The van der Waals surface area contributed by atoms with E-state index in [0.717, 1.165) is 15.9 Å². The van der Waals surface area contributed by atoms with Crippen molar-refractivity contribution in [3.8, 4) is 5.75 Å². The Labute approximate surface area is 125 Å². The molecule has 0 heterocycles. The van der Waals surface area contributed by atoms with Crippen molar-refractivity contribution in [2.24, 2.45) is 0 Å². The van der Waals surface area contributed by atoms with Crippen molar-refractivity contribution in [1.29, 1.82) is 0 Å². The number of carboxylic acid groups (broad SMARTS) is 1. The van der Waals surface area contributed by atoms with Crippen molar-refractivity contribution in [2.75, 3.05) is 12.4 Å². The lowest BCUT2D eigenvalue weighted by Gasteiger charge is -2.16. The predicted molar refractivity (Wildman–Crippen MR) is 81.1 cm³/mol. The Bertz CT molecular complexity index is 598. The first kappa shape index (κ1) is 14.4. The number of carboxylic acids is 1. The average molecular weight is 336 g/mol. The van der Waals surface area contributed by atoms with Crippen LogP contribution in [0.5, 0.6) is 5.75 Å². The summed E-state index contributed by atoms with van der Waals surface area (Å²) in [4.78, 5) is 11.4. The van der Waals surface area contributed by atoms with Gasteiger partial charge in [0.2, 0.25) is 0 Å². The molecule has 4 nitrogen and oxygen atoms in total. The smallest absolute Gasteiger partial charge is 0.330 e. The van der Waals surface area contributed by atoms with Crippen LogP contribution in [-0.4, -0.2) is 18.2 Å². The number of halogens is 1. The number of hydrogen-bond acceptors (Lipinski definition) is 3. The summed E-state index contributed by atoms with van der Waals surface area (Å²) < 4.78 is 5.92. The summed E-state index contributed by atoms with van der Waals surface area (Å²) >= 11 is 3.35. The minimum Gasteiger partial charge on any atom is -0.497 e. The van der Waals surface area contributed by atoms with E-state index in [0.29, 0.717) is 5.56 Å². The van der Waals surface area contributed by atoms with Gasteiger partial charge in [0.05, 0.1) is 7.11 Å².